The highest BCUT2D eigenvalue weighted by Gasteiger charge is 2.34. The van der Waals surface area contributed by atoms with Gasteiger partial charge in [0.2, 0.25) is 10.0 Å². The number of anilines is 1. The van der Waals surface area contributed by atoms with E-state index in [1.165, 1.54) is 12.3 Å². The fraction of sp³-hybridized carbons (Fsp3) is 0.188. The lowest BCUT2D eigenvalue weighted by atomic mass is 10.1. The van der Waals surface area contributed by atoms with E-state index >= 15 is 0 Å². The van der Waals surface area contributed by atoms with Gasteiger partial charge in [-0.25, -0.2) is 18.4 Å². The van der Waals surface area contributed by atoms with E-state index in [1.54, 1.807) is 12.1 Å². The van der Waals surface area contributed by atoms with Gasteiger partial charge < -0.3 is 14.6 Å². The highest BCUT2D eigenvalue weighted by Crippen LogP contribution is 2.30. The minimum atomic E-state index is -4.25. The highest BCUT2D eigenvalue weighted by molar-refractivity contribution is 7.89. The molecule has 1 aromatic heterocycles. The fourth-order valence-corrected chi connectivity index (χ4v) is 3.57. The van der Waals surface area contributed by atoms with Crippen molar-refractivity contribution in [3.8, 4) is 0 Å². The second-order valence-electron chi connectivity index (χ2n) is 5.77. The molecule has 0 radical (unpaired) electrons. The van der Waals surface area contributed by atoms with Gasteiger partial charge in [-0.05, 0) is 24.3 Å². The van der Waals surface area contributed by atoms with Gasteiger partial charge in [0.05, 0.1) is 29.1 Å². The molecule has 0 saturated carbocycles. The van der Waals surface area contributed by atoms with Crippen LogP contribution >= 0.6 is 11.6 Å². The van der Waals surface area contributed by atoms with Crippen LogP contribution < -0.4 is 10.5 Å². The van der Waals surface area contributed by atoms with Crippen molar-refractivity contribution in [2.24, 2.45) is 5.14 Å². The van der Waals surface area contributed by atoms with Crippen LogP contribution in [0.2, 0.25) is 5.02 Å². The van der Waals surface area contributed by atoms with Gasteiger partial charge in [0, 0.05) is 12.8 Å². The third-order valence-corrected chi connectivity index (χ3v) is 5.19. The van der Waals surface area contributed by atoms with Crippen molar-refractivity contribution < 1.29 is 32.1 Å². The number of hydrogen-bond acceptors (Lipinski definition) is 8. The zero-order valence-electron chi connectivity index (χ0n) is 14.2. The van der Waals surface area contributed by atoms with Crippen LogP contribution in [-0.2, 0) is 31.0 Å². The van der Waals surface area contributed by atoms with Gasteiger partial charge in [0.25, 0.3) is 11.8 Å². The summed E-state index contributed by atoms with van der Waals surface area (Å²) in [6.07, 6.45) is 1.28. The molecule has 3 rings (SSSR count). The molecule has 1 aromatic carbocycles. The first-order valence-electron chi connectivity index (χ1n) is 7.87. The molecular weight excluding hydrogens is 414 g/mol. The number of nitrogens with one attached hydrogen (secondary N) is 1. The molecular formula is C16H14ClN3O7S. The average Bonchev–Trinajstić information content (AvgIpc) is 3.24. The SMILES string of the molecule is NS(=O)(=O)c1cc(C(=O)ON2C(=O)CCC2=O)c(NCc2ccco2)cc1Cl. The Hall–Kier alpha value is -2.89. The number of sulfonamides is 1. The van der Waals surface area contributed by atoms with Crippen molar-refractivity contribution in [1.29, 1.82) is 0 Å². The Labute approximate surface area is 164 Å². The number of furan rings is 1. The predicted molar refractivity (Wildman–Crippen MR) is 95.4 cm³/mol. The molecule has 2 aromatic rings. The van der Waals surface area contributed by atoms with E-state index < -0.39 is 32.7 Å². The number of carbonyl (C=O) groups is 3. The first kappa shape index (κ1) is 19.9. The quantitative estimate of drug-likeness (QED) is 0.657. The summed E-state index contributed by atoms with van der Waals surface area (Å²) in [4.78, 5) is 40.2. The lowest BCUT2D eigenvalue weighted by molar-refractivity contribution is -0.172. The molecule has 0 atom stereocenters. The molecule has 1 saturated heterocycles. The molecule has 0 bridgehead atoms. The minimum absolute atomic E-state index is 0.0846. The molecule has 0 spiro atoms. The van der Waals surface area contributed by atoms with Crippen LogP contribution in [0, 0.1) is 0 Å². The molecule has 0 unspecified atom stereocenters. The number of hydroxylamine groups is 2. The van der Waals surface area contributed by atoms with Crippen LogP contribution in [0.3, 0.4) is 0 Å². The maximum atomic E-state index is 12.6. The third kappa shape index (κ3) is 4.16. The summed E-state index contributed by atoms with van der Waals surface area (Å²) < 4.78 is 28.6. The van der Waals surface area contributed by atoms with Crippen LogP contribution in [0.4, 0.5) is 5.69 Å². The summed E-state index contributed by atoms with van der Waals surface area (Å²) in [6, 6.07) is 5.42. The monoisotopic (exact) mass is 427 g/mol. The van der Waals surface area contributed by atoms with Crippen LogP contribution in [0.25, 0.3) is 0 Å². The lowest BCUT2D eigenvalue weighted by Crippen LogP contribution is -2.32. The highest BCUT2D eigenvalue weighted by atomic mass is 35.5. The van der Waals surface area contributed by atoms with Crippen LogP contribution in [-0.4, -0.2) is 31.3 Å². The Balaban J connectivity index is 1.96. The first-order chi connectivity index (χ1) is 13.2. The fourth-order valence-electron chi connectivity index (χ4n) is 2.47. The number of primary sulfonamides is 1. The van der Waals surface area contributed by atoms with Crippen molar-refractivity contribution in [2.45, 2.75) is 24.3 Å². The molecule has 2 heterocycles. The molecule has 1 aliphatic heterocycles. The Morgan fingerprint density at radius 3 is 2.54 bits per heavy atom. The number of nitrogens with two attached hydrogens (primary N) is 1. The third-order valence-electron chi connectivity index (χ3n) is 3.81. The van der Waals surface area contributed by atoms with Crippen molar-refractivity contribution in [3.05, 3.63) is 46.9 Å². The number of halogens is 1. The van der Waals surface area contributed by atoms with Gasteiger partial charge in [-0.2, -0.15) is 0 Å². The van der Waals surface area contributed by atoms with Gasteiger partial charge in [-0.3, -0.25) is 9.59 Å². The van der Waals surface area contributed by atoms with E-state index in [4.69, 9.17) is 26.0 Å². The molecule has 0 aliphatic carbocycles. The van der Waals surface area contributed by atoms with Gasteiger partial charge >= 0.3 is 5.97 Å². The Bertz CT molecular complexity index is 1030. The lowest BCUT2D eigenvalue weighted by Gasteiger charge is -2.16. The zero-order chi connectivity index (χ0) is 20.5. The predicted octanol–water partition coefficient (Wildman–Crippen LogP) is 1.41. The molecule has 1 fully saturated rings. The summed E-state index contributed by atoms with van der Waals surface area (Å²) in [5, 5.41) is 8.10. The molecule has 3 N–H and O–H groups in total. The largest absolute Gasteiger partial charge is 0.467 e. The van der Waals surface area contributed by atoms with Crippen LogP contribution in [0.5, 0.6) is 0 Å². The van der Waals surface area contributed by atoms with E-state index in [1.807, 2.05) is 0 Å². The van der Waals surface area contributed by atoms with Crippen molar-refractivity contribution in [2.75, 3.05) is 5.32 Å². The van der Waals surface area contributed by atoms with E-state index in [9.17, 15) is 22.8 Å². The minimum Gasteiger partial charge on any atom is -0.467 e. The number of rotatable bonds is 6. The standard InChI is InChI=1S/C16H14ClN3O7S/c17-11-7-12(19-8-9-2-1-5-26-9)10(6-13(11)28(18,24)25)16(23)27-20-14(21)3-4-15(20)22/h1-2,5-7,19H,3-4,8H2,(H2,18,24,25). The maximum absolute atomic E-state index is 12.6. The van der Waals surface area contributed by atoms with E-state index in [0.29, 0.717) is 10.8 Å². The van der Waals surface area contributed by atoms with Crippen molar-refractivity contribution in [3.63, 3.8) is 0 Å². The molecule has 2 amide bonds. The van der Waals surface area contributed by atoms with Crippen molar-refractivity contribution >= 4 is 45.1 Å². The van der Waals surface area contributed by atoms with E-state index in [-0.39, 0.29) is 35.7 Å². The zero-order valence-corrected chi connectivity index (χ0v) is 15.7. The van der Waals surface area contributed by atoms with E-state index in [0.717, 1.165) is 6.07 Å². The summed E-state index contributed by atoms with van der Waals surface area (Å²) >= 11 is 5.97. The number of hydrogen-bond donors (Lipinski definition) is 2. The van der Waals surface area contributed by atoms with Crippen LogP contribution in [0.1, 0.15) is 29.0 Å². The molecule has 10 nitrogen and oxygen atoms in total. The Kier molecular flexibility index (Phi) is 5.40. The second-order valence-corrected chi connectivity index (χ2v) is 7.70. The topological polar surface area (TPSA) is 149 Å². The molecule has 28 heavy (non-hydrogen) atoms. The van der Waals surface area contributed by atoms with Gasteiger partial charge in [-0.1, -0.05) is 11.6 Å². The second kappa shape index (κ2) is 7.62. The average molecular weight is 428 g/mol. The van der Waals surface area contributed by atoms with Crippen molar-refractivity contribution in [1.82, 2.24) is 5.06 Å². The number of benzene rings is 1. The number of carbonyl (C=O) groups excluding carboxylic acids is 3. The Morgan fingerprint density at radius 1 is 1.29 bits per heavy atom. The molecule has 1 aliphatic rings. The molecule has 148 valence electrons. The van der Waals surface area contributed by atoms with Gasteiger partial charge in [-0.15, -0.1) is 5.06 Å². The van der Waals surface area contributed by atoms with E-state index in [2.05, 4.69) is 5.32 Å². The summed E-state index contributed by atoms with van der Waals surface area (Å²) in [5.74, 6) is -1.96. The normalized spacial score (nSPS) is 14.4. The summed E-state index contributed by atoms with van der Waals surface area (Å²) in [7, 11) is -4.25. The molecule has 12 heteroatoms. The number of amides is 2. The number of nitrogens with zero attached hydrogens (tertiary/aromatic N) is 1. The van der Waals surface area contributed by atoms with Gasteiger partial charge in [0.1, 0.15) is 10.7 Å². The first-order valence-corrected chi connectivity index (χ1v) is 9.80. The summed E-state index contributed by atoms with van der Waals surface area (Å²) in [5.41, 5.74) is -0.189. The number of imide groups is 1. The Morgan fingerprint density at radius 2 is 1.96 bits per heavy atom. The summed E-state index contributed by atoms with van der Waals surface area (Å²) in [6.45, 7) is 0.139. The van der Waals surface area contributed by atoms with Crippen LogP contribution in [0.15, 0.2) is 39.8 Å². The smallest absolute Gasteiger partial charge is 0.366 e. The van der Waals surface area contributed by atoms with Gasteiger partial charge in [0.15, 0.2) is 0 Å². The maximum Gasteiger partial charge on any atom is 0.366 e.